The Balaban J connectivity index is 0.882. The molecule has 2 aliphatic carbocycles. The number of anilines is 6. The Labute approximate surface area is 434 Å². The van der Waals surface area contributed by atoms with Gasteiger partial charge in [0.25, 0.3) is 0 Å². The second kappa shape index (κ2) is 16.8. The fraction of sp³-hybridized carbons (Fsp3) is 0.0833. The fourth-order valence-electron chi connectivity index (χ4n) is 12.8. The predicted octanol–water partition coefficient (Wildman–Crippen LogP) is 20.0. The molecule has 12 aromatic carbocycles. The van der Waals surface area contributed by atoms with E-state index < -0.39 is 0 Å². The third-order valence-electron chi connectivity index (χ3n) is 16.4. The van der Waals surface area contributed by atoms with Gasteiger partial charge in [-0.05, 0) is 167 Å². The molecule has 2 aliphatic rings. The summed E-state index contributed by atoms with van der Waals surface area (Å²) in [5, 5.41) is 7.63. The van der Waals surface area contributed by atoms with Crippen molar-refractivity contribution >= 4 is 66.4 Å². The number of fused-ring (bicyclic) bond motifs is 8. The molecule has 0 bridgehead atoms. The van der Waals surface area contributed by atoms with Gasteiger partial charge >= 0.3 is 0 Å². The molecule has 0 heterocycles. The van der Waals surface area contributed by atoms with Crippen LogP contribution in [0.15, 0.2) is 255 Å². The van der Waals surface area contributed by atoms with Crippen LogP contribution in [0.3, 0.4) is 0 Å². The van der Waals surface area contributed by atoms with Gasteiger partial charge in [0.1, 0.15) is 0 Å². The van der Waals surface area contributed by atoms with Gasteiger partial charge in [0.2, 0.25) is 0 Å². The second-order valence-electron chi connectivity index (χ2n) is 21.2. The summed E-state index contributed by atoms with van der Waals surface area (Å²) in [5.41, 5.74) is 22.2. The highest BCUT2D eigenvalue weighted by molar-refractivity contribution is 6.14. The number of hydrogen-bond donors (Lipinski definition) is 0. The summed E-state index contributed by atoms with van der Waals surface area (Å²) in [6, 6.07) is 94.2. The van der Waals surface area contributed by atoms with E-state index in [0.717, 1.165) is 34.1 Å². The molecule has 2 nitrogen and oxygen atoms in total. The molecular formula is C72H54N2. The van der Waals surface area contributed by atoms with Crippen LogP contribution in [0.1, 0.15) is 49.9 Å². The van der Waals surface area contributed by atoms with Gasteiger partial charge in [0.15, 0.2) is 0 Å². The van der Waals surface area contributed by atoms with Crippen molar-refractivity contribution in [1.82, 2.24) is 0 Å². The van der Waals surface area contributed by atoms with E-state index in [9.17, 15) is 0 Å². The third-order valence-corrected chi connectivity index (χ3v) is 16.4. The molecule has 0 aromatic heterocycles. The molecule has 0 unspecified atom stereocenters. The van der Waals surface area contributed by atoms with Crippen LogP contribution in [0, 0.1) is 0 Å². The third kappa shape index (κ3) is 6.64. The van der Waals surface area contributed by atoms with Crippen molar-refractivity contribution < 1.29 is 0 Å². The van der Waals surface area contributed by atoms with Crippen molar-refractivity contribution in [3.63, 3.8) is 0 Å². The summed E-state index contributed by atoms with van der Waals surface area (Å²) in [6.07, 6.45) is 0. The molecule has 0 aliphatic heterocycles. The molecule has 0 fully saturated rings. The Morgan fingerprint density at radius 1 is 0.257 bits per heavy atom. The molecule has 0 saturated heterocycles. The monoisotopic (exact) mass is 946 g/mol. The van der Waals surface area contributed by atoms with E-state index in [1.807, 2.05) is 0 Å². The average Bonchev–Trinajstić information content (AvgIpc) is 3.81. The van der Waals surface area contributed by atoms with Crippen LogP contribution in [-0.4, -0.2) is 0 Å². The minimum atomic E-state index is -0.246. The highest BCUT2D eigenvalue weighted by atomic mass is 15.1. The number of rotatable bonds is 8. The summed E-state index contributed by atoms with van der Waals surface area (Å²) in [4.78, 5) is 4.76. The van der Waals surface area contributed by atoms with E-state index in [2.05, 4.69) is 292 Å². The summed E-state index contributed by atoms with van der Waals surface area (Å²) in [7, 11) is 0. The number of hydrogen-bond acceptors (Lipinski definition) is 2. The number of para-hydroxylation sites is 4. The van der Waals surface area contributed by atoms with Crippen molar-refractivity contribution in [2.24, 2.45) is 0 Å². The highest BCUT2D eigenvalue weighted by Gasteiger charge is 2.41. The highest BCUT2D eigenvalue weighted by Crippen LogP contribution is 2.58. The molecule has 74 heavy (non-hydrogen) atoms. The first-order valence-corrected chi connectivity index (χ1v) is 26.0. The van der Waals surface area contributed by atoms with Gasteiger partial charge in [0.05, 0.1) is 11.4 Å². The first-order valence-electron chi connectivity index (χ1n) is 26.0. The van der Waals surface area contributed by atoms with Crippen LogP contribution >= 0.6 is 0 Å². The Morgan fingerprint density at radius 2 is 0.635 bits per heavy atom. The number of benzene rings is 12. The van der Waals surface area contributed by atoms with Crippen LogP contribution in [0.2, 0.25) is 0 Å². The quantitative estimate of drug-likeness (QED) is 0.150. The maximum atomic E-state index is 2.56. The normalized spacial score (nSPS) is 13.6. The van der Waals surface area contributed by atoms with E-state index in [4.69, 9.17) is 0 Å². The van der Waals surface area contributed by atoms with E-state index in [0.29, 0.717) is 0 Å². The summed E-state index contributed by atoms with van der Waals surface area (Å²) in [6.45, 7) is 9.73. The van der Waals surface area contributed by atoms with Crippen LogP contribution in [0.5, 0.6) is 0 Å². The van der Waals surface area contributed by atoms with Gasteiger partial charge in [-0.1, -0.05) is 204 Å². The summed E-state index contributed by atoms with van der Waals surface area (Å²) in [5.74, 6) is 0. The molecular weight excluding hydrogens is 893 g/mol. The van der Waals surface area contributed by atoms with Crippen LogP contribution in [0.25, 0.3) is 76.8 Å². The van der Waals surface area contributed by atoms with Gasteiger partial charge in [-0.25, -0.2) is 0 Å². The zero-order valence-electron chi connectivity index (χ0n) is 42.1. The van der Waals surface area contributed by atoms with Gasteiger partial charge in [-0.3, -0.25) is 0 Å². The lowest BCUT2D eigenvalue weighted by Gasteiger charge is -2.36. The lowest BCUT2D eigenvalue weighted by molar-refractivity contribution is 0.644. The first kappa shape index (κ1) is 43.8. The molecule has 0 saturated carbocycles. The van der Waals surface area contributed by atoms with E-state index >= 15 is 0 Å². The Bertz CT molecular complexity index is 4090. The zero-order chi connectivity index (χ0) is 49.7. The largest absolute Gasteiger partial charge is 0.310 e. The Kier molecular flexibility index (Phi) is 9.94. The minimum absolute atomic E-state index is 0.240. The average molecular weight is 947 g/mol. The van der Waals surface area contributed by atoms with E-state index in [-0.39, 0.29) is 10.8 Å². The molecule has 0 atom stereocenters. The Morgan fingerprint density at radius 3 is 1.11 bits per heavy atom. The lowest BCUT2D eigenvalue weighted by Crippen LogP contribution is -2.24. The van der Waals surface area contributed by atoms with Crippen molar-refractivity contribution in [3.8, 4) is 44.5 Å². The number of nitrogens with zero attached hydrogens (tertiary/aromatic N) is 2. The lowest BCUT2D eigenvalue weighted by atomic mass is 9.66. The minimum Gasteiger partial charge on any atom is -0.310 e. The topological polar surface area (TPSA) is 6.48 Å². The van der Waals surface area contributed by atoms with Gasteiger partial charge in [-0.15, -0.1) is 0 Å². The standard InChI is InChI=1S/C72H54N2/c1-71(2)63-35-21-34-61-69-60-39-37-48(54-41-43-68(59-33-20-18-31-56(54)59)74(51-26-13-7-14-27-51)52-28-15-8-16-29-52)45-65(60)72(3,4)66(69)46-62(70(61)63)57-38-36-47(44-64(57)71)53-40-42-67(58-32-19-17-30-55(53)58)73(49-22-9-5-10-23-49)50-24-11-6-12-25-50/h5-46H,1-4H3. The second-order valence-corrected chi connectivity index (χ2v) is 21.2. The van der Waals surface area contributed by atoms with Gasteiger partial charge in [0, 0.05) is 44.4 Å². The van der Waals surface area contributed by atoms with Crippen molar-refractivity contribution in [1.29, 1.82) is 0 Å². The van der Waals surface area contributed by atoms with Crippen molar-refractivity contribution in [3.05, 3.63) is 277 Å². The Hall–Kier alpha value is -8.98. The van der Waals surface area contributed by atoms with Crippen molar-refractivity contribution in [2.75, 3.05) is 9.80 Å². The van der Waals surface area contributed by atoms with Crippen molar-refractivity contribution in [2.45, 2.75) is 38.5 Å². The molecule has 0 radical (unpaired) electrons. The summed E-state index contributed by atoms with van der Waals surface area (Å²) < 4.78 is 0. The molecule has 0 N–H and O–H groups in total. The van der Waals surface area contributed by atoms with Crippen LogP contribution in [-0.2, 0) is 10.8 Å². The zero-order valence-corrected chi connectivity index (χ0v) is 42.1. The van der Waals surface area contributed by atoms with Crippen LogP contribution in [0.4, 0.5) is 34.1 Å². The maximum absolute atomic E-state index is 2.56. The van der Waals surface area contributed by atoms with Gasteiger partial charge < -0.3 is 9.80 Å². The smallest absolute Gasteiger partial charge is 0.0540 e. The van der Waals surface area contributed by atoms with E-state index in [1.165, 1.54) is 99.1 Å². The van der Waals surface area contributed by atoms with Crippen LogP contribution < -0.4 is 9.80 Å². The van der Waals surface area contributed by atoms with Gasteiger partial charge in [-0.2, -0.15) is 0 Å². The molecule has 352 valence electrons. The summed E-state index contributed by atoms with van der Waals surface area (Å²) >= 11 is 0. The molecule has 14 rings (SSSR count). The SMILES string of the molecule is CC1(C)c2cc(-c3ccc(N(c4ccccc4)c4ccccc4)c4ccccc34)ccc2-c2c1cc1c3c(cccc23)C(C)(C)c2cc(-c3ccc(N(c4ccccc4)c4ccccc4)c4ccccc34)ccc2-1. The fourth-order valence-corrected chi connectivity index (χ4v) is 12.8. The molecule has 0 spiro atoms. The maximum Gasteiger partial charge on any atom is 0.0540 e. The predicted molar refractivity (Wildman–Crippen MR) is 314 cm³/mol. The molecule has 2 heteroatoms. The van der Waals surface area contributed by atoms with E-state index in [1.54, 1.807) is 0 Å². The first-order chi connectivity index (χ1) is 36.3. The molecule has 0 amide bonds. The molecule has 12 aromatic rings.